The van der Waals surface area contributed by atoms with Crippen LogP contribution in [-0.4, -0.2) is 19.7 Å². The number of thiocarbonyl (C=S) groups is 1. The minimum Gasteiger partial charge on any atom is -0.367 e. The zero-order valence-corrected chi connectivity index (χ0v) is 22.8. The number of benzene rings is 2. The van der Waals surface area contributed by atoms with Crippen molar-refractivity contribution in [3.05, 3.63) is 103 Å². The molecule has 0 unspecified atom stereocenters. The number of hydrogen-bond acceptors (Lipinski definition) is 6. The van der Waals surface area contributed by atoms with E-state index in [1.54, 1.807) is 23.6 Å². The minimum atomic E-state index is -0.346. The Bertz CT molecular complexity index is 1490. The van der Waals surface area contributed by atoms with E-state index >= 15 is 0 Å². The highest BCUT2D eigenvalue weighted by molar-refractivity contribution is 8.26. The fraction of sp³-hybridized carbons (Fsp3) is 0.214. The fourth-order valence-electron chi connectivity index (χ4n) is 4.14. The molecule has 188 valence electrons. The Morgan fingerprint density at radius 3 is 2.51 bits per heavy atom. The van der Waals surface area contributed by atoms with Crippen LogP contribution in [0, 0.1) is 18.3 Å². The number of hydrogen-bond donors (Lipinski definition) is 1. The summed E-state index contributed by atoms with van der Waals surface area (Å²) >= 11 is 13.0. The first-order valence-electron chi connectivity index (χ1n) is 11.8. The van der Waals surface area contributed by atoms with Crippen molar-refractivity contribution in [1.82, 2.24) is 9.47 Å². The molecule has 2 aromatic carbocycles. The number of nitrogens with one attached hydrogen (secondary N) is 1. The number of aromatic nitrogens is 1. The standard InChI is InChI=1S/C28H25ClN4O2S2/c1-3-13-32-25(31-16-19-9-5-4-6-10-19)21(18(2)22(15-30)26(32)34)14-24-27(35)33(28(36)37-24)17-20-11-7-8-12-23(20)29/h4-12,14,31H,3,13,16-17H2,1-2H3/b24-14+. The molecule has 0 atom stereocenters. The molecule has 6 nitrogen and oxygen atoms in total. The SMILES string of the molecule is CCCn1c(NCc2ccccc2)c(/C=C2/SC(=S)N(Cc3ccccc3Cl)C2=O)c(C)c(C#N)c1=O. The van der Waals surface area contributed by atoms with Crippen LogP contribution in [0.15, 0.2) is 64.3 Å². The lowest BCUT2D eigenvalue weighted by Crippen LogP contribution is -2.28. The molecule has 1 aliphatic heterocycles. The Labute approximate surface area is 230 Å². The molecule has 3 aromatic rings. The molecule has 1 saturated heterocycles. The summed E-state index contributed by atoms with van der Waals surface area (Å²) in [6.45, 7) is 4.88. The summed E-state index contributed by atoms with van der Waals surface area (Å²) in [4.78, 5) is 28.6. The van der Waals surface area contributed by atoms with Gasteiger partial charge in [-0.3, -0.25) is 19.1 Å². The molecule has 1 aromatic heterocycles. The van der Waals surface area contributed by atoms with Gasteiger partial charge in [-0.15, -0.1) is 0 Å². The number of amides is 1. The van der Waals surface area contributed by atoms with Gasteiger partial charge in [0.1, 0.15) is 21.8 Å². The maximum absolute atomic E-state index is 13.4. The second-order valence-corrected chi connectivity index (χ2v) is 10.6. The van der Waals surface area contributed by atoms with E-state index in [4.69, 9.17) is 23.8 Å². The number of nitrogens with zero attached hydrogens (tertiary/aromatic N) is 3. The van der Waals surface area contributed by atoms with Crippen LogP contribution in [0.1, 0.15) is 41.2 Å². The third-order valence-electron chi connectivity index (χ3n) is 6.06. The Hall–Kier alpha value is -3.38. The number of halogens is 1. The summed E-state index contributed by atoms with van der Waals surface area (Å²) in [6.07, 6.45) is 2.44. The quantitative estimate of drug-likeness (QED) is 0.270. The second-order valence-electron chi connectivity index (χ2n) is 8.53. The van der Waals surface area contributed by atoms with Gasteiger partial charge in [-0.25, -0.2) is 0 Å². The molecule has 1 N–H and O–H groups in total. The van der Waals surface area contributed by atoms with Gasteiger partial charge in [0, 0.05) is 23.7 Å². The lowest BCUT2D eigenvalue weighted by Gasteiger charge is -2.20. The molecular weight excluding hydrogens is 524 g/mol. The Morgan fingerprint density at radius 1 is 1.14 bits per heavy atom. The van der Waals surface area contributed by atoms with E-state index in [9.17, 15) is 14.9 Å². The van der Waals surface area contributed by atoms with Crippen molar-refractivity contribution in [3.8, 4) is 6.07 Å². The monoisotopic (exact) mass is 548 g/mol. The predicted octanol–water partition coefficient (Wildman–Crippen LogP) is 6.11. The number of carbonyl (C=O) groups excluding carboxylic acids is 1. The number of anilines is 1. The van der Waals surface area contributed by atoms with E-state index in [1.807, 2.05) is 55.5 Å². The Kier molecular flexibility index (Phi) is 8.49. The number of nitriles is 1. The highest BCUT2D eigenvalue weighted by Gasteiger charge is 2.33. The smallest absolute Gasteiger partial charge is 0.270 e. The first-order chi connectivity index (χ1) is 17.8. The molecular formula is C28H25ClN4O2S2. The largest absolute Gasteiger partial charge is 0.367 e. The molecule has 9 heteroatoms. The van der Waals surface area contributed by atoms with Crippen LogP contribution >= 0.6 is 35.6 Å². The van der Waals surface area contributed by atoms with E-state index in [-0.39, 0.29) is 23.6 Å². The number of rotatable bonds is 8. The van der Waals surface area contributed by atoms with Crippen LogP contribution in [-0.2, 0) is 24.4 Å². The number of pyridine rings is 1. The first-order valence-corrected chi connectivity index (χ1v) is 13.4. The van der Waals surface area contributed by atoms with Crippen molar-refractivity contribution < 1.29 is 4.79 Å². The lowest BCUT2D eigenvalue weighted by atomic mass is 10.0. The molecule has 2 heterocycles. The summed E-state index contributed by atoms with van der Waals surface area (Å²) in [5, 5.41) is 13.7. The zero-order chi connectivity index (χ0) is 26.5. The summed E-state index contributed by atoms with van der Waals surface area (Å²) < 4.78 is 2.01. The molecule has 0 saturated carbocycles. The van der Waals surface area contributed by atoms with E-state index < -0.39 is 0 Å². The van der Waals surface area contributed by atoms with Gasteiger partial charge in [0.05, 0.1) is 11.4 Å². The maximum Gasteiger partial charge on any atom is 0.270 e. The van der Waals surface area contributed by atoms with Crippen molar-refractivity contribution in [2.75, 3.05) is 5.32 Å². The van der Waals surface area contributed by atoms with E-state index in [2.05, 4.69) is 11.4 Å². The van der Waals surface area contributed by atoms with Crippen LogP contribution in [0.4, 0.5) is 5.82 Å². The van der Waals surface area contributed by atoms with Crippen LogP contribution in [0.2, 0.25) is 5.02 Å². The van der Waals surface area contributed by atoms with E-state index in [0.29, 0.717) is 50.7 Å². The first kappa shape index (κ1) is 26.7. The van der Waals surface area contributed by atoms with Crippen LogP contribution in [0.25, 0.3) is 6.08 Å². The van der Waals surface area contributed by atoms with Gasteiger partial charge in [0.25, 0.3) is 11.5 Å². The third-order valence-corrected chi connectivity index (χ3v) is 7.81. The summed E-state index contributed by atoms with van der Waals surface area (Å²) in [7, 11) is 0. The number of thioether (sulfide) groups is 1. The second kappa shape index (κ2) is 11.8. The average molecular weight is 549 g/mol. The molecule has 0 radical (unpaired) electrons. The summed E-state index contributed by atoms with van der Waals surface area (Å²) in [6, 6.07) is 19.2. The third kappa shape index (κ3) is 5.64. The molecule has 1 amide bonds. The van der Waals surface area contributed by atoms with Crippen LogP contribution in [0.3, 0.4) is 0 Å². The molecule has 0 spiro atoms. The fourth-order valence-corrected chi connectivity index (χ4v) is 5.57. The summed E-state index contributed by atoms with van der Waals surface area (Å²) in [5.74, 6) is 0.332. The van der Waals surface area contributed by atoms with Crippen molar-refractivity contribution in [3.63, 3.8) is 0 Å². The lowest BCUT2D eigenvalue weighted by molar-refractivity contribution is -0.122. The molecule has 1 aliphatic rings. The average Bonchev–Trinajstić information content (AvgIpc) is 3.16. The van der Waals surface area contributed by atoms with E-state index in [0.717, 1.165) is 11.1 Å². The molecule has 1 fully saturated rings. The van der Waals surface area contributed by atoms with Crippen molar-refractivity contribution >= 4 is 57.7 Å². The number of carbonyl (C=O) groups is 1. The van der Waals surface area contributed by atoms with Gasteiger partial charge in [-0.05, 0) is 42.2 Å². The topological polar surface area (TPSA) is 78.1 Å². The van der Waals surface area contributed by atoms with Crippen molar-refractivity contribution in [2.45, 2.75) is 39.9 Å². The molecule has 0 bridgehead atoms. The van der Waals surface area contributed by atoms with Gasteiger partial charge >= 0.3 is 0 Å². The van der Waals surface area contributed by atoms with Crippen LogP contribution < -0.4 is 10.9 Å². The molecule has 0 aliphatic carbocycles. The van der Waals surface area contributed by atoms with Gasteiger partial charge < -0.3 is 5.32 Å². The maximum atomic E-state index is 13.4. The van der Waals surface area contributed by atoms with Gasteiger partial charge in [0.15, 0.2) is 0 Å². The van der Waals surface area contributed by atoms with Crippen molar-refractivity contribution in [2.24, 2.45) is 0 Å². The van der Waals surface area contributed by atoms with Gasteiger partial charge in [0.2, 0.25) is 0 Å². The van der Waals surface area contributed by atoms with Crippen molar-refractivity contribution in [1.29, 1.82) is 5.26 Å². The predicted molar refractivity (Wildman–Crippen MR) is 154 cm³/mol. The summed E-state index contributed by atoms with van der Waals surface area (Å²) in [5.41, 5.74) is 2.70. The van der Waals surface area contributed by atoms with Gasteiger partial charge in [-0.2, -0.15) is 5.26 Å². The normalized spacial score (nSPS) is 14.3. The van der Waals surface area contributed by atoms with Crippen LogP contribution in [0.5, 0.6) is 0 Å². The molecule has 37 heavy (non-hydrogen) atoms. The highest BCUT2D eigenvalue weighted by Crippen LogP contribution is 2.36. The highest BCUT2D eigenvalue weighted by atomic mass is 35.5. The minimum absolute atomic E-state index is 0.0662. The zero-order valence-electron chi connectivity index (χ0n) is 20.5. The van der Waals surface area contributed by atoms with Gasteiger partial charge in [-0.1, -0.05) is 91.0 Å². The van der Waals surface area contributed by atoms with E-state index in [1.165, 1.54) is 16.7 Å². The Morgan fingerprint density at radius 2 is 1.84 bits per heavy atom. The molecule has 4 rings (SSSR count). The Balaban J connectivity index is 1.78.